The van der Waals surface area contributed by atoms with E-state index in [1.807, 2.05) is 6.92 Å². The first-order valence-electron chi connectivity index (χ1n) is 6.73. The molecule has 1 aromatic heterocycles. The molecule has 0 aromatic carbocycles. The molecular weight excluding hydrogens is 229 g/mol. The number of nitrogens with zero attached hydrogens (tertiary/aromatic N) is 2. The highest BCUT2D eigenvalue weighted by Gasteiger charge is 2.28. The van der Waals surface area contributed by atoms with Gasteiger partial charge in [-0.3, -0.25) is 0 Å². The molecule has 100 valence electrons. The first-order valence-corrected chi connectivity index (χ1v) is 6.73. The van der Waals surface area contributed by atoms with Crippen LogP contribution in [0.4, 0.5) is 10.2 Å². The fraction of sp³-hybridized carbons (Fsp3) is 0.643. The SMILES string of the molecule is CCNCc1cc(F)cnc1N1CC(C)CC1C. The standard InChI is InChI=1S/C14H22FN3/c1-4-16-7-12-6-13(15)8-17-14(12)18-9-10(2)5-11(18)3/h6,8,10-11,16H,4-5,7,9H2,1-3H3. The number of halogens is 1. The lowest BCUT2D eigenvalue weighted by atomic mass is 10.1. The molecule has 4 heteroatoms. The second-order valence-corrected chi connectivity index (χ2v) is 5.26. The topological polar surface area (TPSA) is 28.2 Å². The maximum atomic E-state index is 13.3. The molecule has 1 aliphatic heterocycles. The largest absolute Gasteiger partial charge is 0.353 e. The predicted molar refractivity (Wildman–Crippen MR) is 72.2 cm³/mol. The highest BCUT2D eigenvalue weighted by atomic mass is 19.1. The van der Waals surface area contributed by atoms with E-state index >= 15 is 0 Å². The number of pyridine rings is 1. The van der Waals surface area contributed by atoms with E-state index in [9.17, 15) is 4.39 Å². The van der Waals surface area contributed by atoms with E-state index in [2.05, 4.69) is 29.0 Å². The van der Waals surface area contributed by atoms with Gasteiger partial charge in [0.05, 0.1) is 6.20 Å². The Morgan fingerprint density at radius 2 is 2.28 bits per heavy atom. The molecule has 0 spiro atoms. The van der Waals surface area contributed by atoms with Crippen molar-refractivity contribution in [3.8, 4) is 0 Å². The van der Waals surface area contributed by atoms with Gasteiger partial charge in [-0.15, -0.1) is 0 Å². The summed E-state index contributed by atoms with van der Waals surface area (Å²) >= 11 is 0. The summed E-state index contributed by atoms with van der Waals surface area (Å²) in [7, 11) is 0. The average Bonchev–Trinajstić information content (AvgIpc) is 2.66. The third kappa shape index (κ3) is 2.80. The zero-order valence-corrected chi connectivity index (χ0v) is 11.4. The van der Waals surface area contributed by atoms with Crippen LogP contribution in [0.25, 0.3) is 0 Å². The van der Waals surface area contributed by atoms with Gasteiger partial charge in [-0.05, 0) is 31.9 Å². The number of nitrogens with one attached hydrogen (secondary N) is 1. The smallest absolute Gasteiger partial charge is 0.141 e. The third-order valence-electron chi connectivity index (χ3n) is 3.53. The number of rotatable bonds is 4. The van der Waals surface area contributed by atoms with E-state index in [0.717, 1.165) is 24.5 Å². The maximum absolute atomic E-state index is 13.3. The summed E-state index contributed by atoms with van der Waals surface area (Å²) in [6, 6.07) is 2.08. The molecule has 0 aliphatic carbocycles. The van der Waals surface area contributed by atoms with Crippen molar-refractivity contribution in [2.45, 2.75) is 39.8 Å². The fourth-order valence-corrected chi connectivity index (χ4v) is 2.72. The Kier molecular flexibility index (Phi) is 4.17. The van der Waals surface area contributed by atoms with Crippen molar-refractivity contribution < 1.29 is 4.39 Å². The van der Waals surface area contributed by atoms with Crippen LogP contribution < -0.4 is 10.2 Å². The van der Waals surface area contributed by atoms with Crippen molar-refractivity contribution in [3.05, 3.63) is 23.6 Å². The monoisotopic (exact) mass is 251 g/mol. The minimum Gasteiger partial charge on any atom is -0.353 e. The van der Waals surface area contributed by atoms with E-state index in [0.29, 0.717) is 18.5 Å². The fourth-order valence-electron chi connectivity index (χ4n) is 2.72. The highest BCUT2D eigenvalue weighted by Crippen LogP contribution is 2.29. The second kappa shape index (κ2) is 5.65. The van der Waals surface area contributed by atoms with E-state index in [4.69, 9.17) is 0 Å². The Morgan fingerprint density at radius 3 is 2.89 bits per heavy atom. The van der Waals surface area contributed by atoms with Crippen LogP contribution in [0.1, 0.15) is 32.8 Å². The Hall–Kier alpha value is -1.16. The van der Waals surface area contributed by atoms with Crippen molar-refractivity contribution in [1.29, 1.82) is 0 Å². The number of anilines is 1. The van der Waals surface area contributed by atoms with Gasteiger partial charge >= 0.3 is 0 Å². The lowest BCUT2D eigenvalue weighted by Gasteiger charge is -2.25. The molecule has 18 heavy (non-hydrogen) atoms. The third-order valence-corrected chi connectivity index (χ3v) is 3.53. The van der Waals surface area contributed by atoms with Crippen LogP contribution in [0.5, 0.6) is 0 Å². The van der Waals surface area contributed by atoms with Gasteiger partial charge in [0, 0.05) is 24.7 Å². The normalized spacial score (nSPS) is 23.7. The molecule has 1 aliphatic rings. The molecule has 2 heterocycles. The molecule has 2 unspecified atom stereocenters. The number of hydrogen-bond donors (Lipinski definition) is 1. The molecule has 0 saturated carbocycles. The van der Waals surface area contributed by atoms with Crippen LogP contribution >= 0.6 is 0 Å². The van der Waals surface area contributed by atoms with Crippen molar-refractivity contribution in [3.63, 3.8) is 0 Å². The van der Waals surface area contributed by atoms with Crippen molar-refractivity contribution in [1.82, 2.24) is 10.3 Å². The maximum Gasteiger partial charge on any atom is 0.141 e. The minimum atomic E-state index is -0.258. The summed E-state index contributed by atoms with van der Waals surface area (Å²) in [5, 5.41) is 3.25. The van der Waals surface area contributed by atoms with Gasteiger partial charge in [0.15, 0.2) is 0 Å². The quantitative estimate of drug-likeness (QED) is 0.891. The average molecular weight is 251 g/mol. The van der Waals surface area contributed by atoms with Gasteiger partial charge in [-0.2, -0.15) is 0 Å². The van der Waals surface area contributed by atoms with Crippen molar-refractivity contribution in [2.24, 2.45) is 5.92 Å². The Labute approximate surface area is 108 Å². The molecule has 1 fully saturated rings. The first-order chi connectivity index (χ1) is 8.61. The van der Waals surface area contributed by atoms with Gasteiger partial charge in [-0.25, -0.2) is 9.37 Å². The second-order valence-electron chi connectivity index (χ2n) is 5.26. The van der Waals surface area contributed by atoms with E-state index < -0.39 is 0 Å². The van der Waals surface area contributed by atoms with Gasteiger partial charge < -0.3 is 10.2 Å². The van der Waals surface area contributed by atoms with E-state index in [1.54, 1.807) is 6.07 Å². The van der Waals surface area contributed by atoms with Crippen LogP contribution in [-0.4, -0.2) is 24.1 Å². The van der Waals surface area contributed by atoms with Gasteiger partial charge in [-0.1, -0.05) is 13.8 Å². The van der Waals surface area contributed by atoms with E-state index in [-0.39, 0.29) is 5.82 Å². The van der Waals surface area contributed by atoms with Crippen LogP contribution in [-0.2, 0) is 6.54 Å². The summed E-state index contributed by atoms with van der Waals surface area (Å²) in [4.78, 5) is 6.61. The van der Waals surface area contributed by atoms with Gasteiger partial charge in [0.25, 0.3) is 0 Å². The van der Waals surface area contributed by atoms with Crippen LogP contribution in [0, 0.1) is 11.7 Å². The van der Waals surface area contributed by atoms with Crippen molar-refractivity contribution in [2.75, 3.05) is 18.0 Å². The first kappa shape index (κ1) is 13.3. The lowest BCUT2D eigenvalue weighted by Crippen LogP contribution is -2.29. The Balaban J connectivity index is 2.25. The predicted octanol–water partition coefficient (Wildman–Crippen LogP) is 2.56. The summed E-state index contributed by atoms with van der Waals surface area (Å²) in [5.41, 5.74) is 0.956. The van der Waals surface area contributed by atoms with E-state index in [1.165, 1.54) is 12.6 Å². The lowest BCUT2D eigenvalue weighted by molar-refractivity contribution is 0.610. The summed E-state index contributed by atoms with van der Waals surface area (Å²) in [6.07, 6.45) is 2.50. The zero-order chi connectivity index (χ0) is 13.1. The van der Waals surface area contributed by atoms with Crippen LogP contribution in [0.15, 0.2) is 12.3 Å². The Bertz CT molecular complexity index is 408. The van der Waals surface area contributed by atoms with Crippen molar-refractivity contribution >= 4 is 5.82 Å². The van der Waals surface area contributed by atoms with Gasteiger partial charge in [0.1, 0.15) is 11.6 Å². The van der Waals surface area contributed by atoms with Crippen LogP contribution in [0.2, 0.25) is 0 Å². The summed E-state index contributed by atoms with van der Waals surface area (Å²) < 4.78 is 13.3. The molecule has 0 bridgehead atoms. The highest BCUT2D eigenvalue weighted by molar-refractivity contribution is 5.49. The molecule has 0 amide bonds. The molecule has 2 atom stereocenters. The molecule has 1 N–H and O–H groups in total. The zero-order valence-electron chi connectivity index (χ0n) is 11.4. The molecule has 1 aromatic rings. The molecule has 2 rings (SSSR count). The minimum absolute atomic E-state index is 0.258. The molecular formula is C14H22FN3. The van der Waals surface area contributed by atoms with Crippen LogP contribution in [0.3, 0.4) is 0 Å². The molecule has 0 radical (unpaired) electrons. The number of hydrogen-bond acceptors (Lipinski definition) is 3. The van der Waals surface area contributed by atoms with Gasteiger partial charge in [0.2, 0.25) is 0 Å². The number of aromatic nitrogens is 1. The molecule has 3 nitrogen and oxygen atoms in total. The Morgan fingerprint density at radius 1 is 1.50 bits per heavy atom. The summed E-state index contributed by atoms with van der Waals surface area (Å²) in [5.74, 6) is 1.36. The summed E-state index contributed by atoms with van der Waals surface area (Å²) in [6.45, 7) is 9.08. The molecule has 1 saturated heterocycles.